The second-order valence-electron chi connectivity index (χ2n) is 4.31. The van der Waals surface area contributed by atoms with Crippen molar-refractivity contribution in [2.45, 2.75) is 32.7 Å². The molecule has 2 aromatic rings. The highest BCUT2D eigenvalue weighted by Gasteiger charge is 2.16. The van der Waals surface area contributed by atoms with Crippen molar-refractivity contribution in [3.63, 3.8) is 0 Å². The molecular weight excluding hydrogens is 228 g/mol. The third-order valence-corrected chi connectivity index (χ3v) is 3.02. The van der Waals surface area contributed by atoms with Crippen LogP contribution in [0.15, 0.2) is 18.2 Å². The van der Waals surface area contributed by atoms with E-state index in [2.05, 4.69) is 29.4 Å². The maximum Gasteiger partial charge on any atom is 0.182 e. The molecule has 0 amide bonds. The Morgan fingerprint density at radius 1 is 1.11 bits per heavy atom. The first-order chi connectivity index (χ1) is 8.65. The van der Waals surface area contributed by atoms with Crippen molar-refractivity contribution in [2.24, 2.45) is 0 Å². The summed E-state index contributed by atoms with van der Waals surface area (Å²) in [7, 11) is 0. The minimum Gasteiger partial charge on any atom is -0.399 e. The molecule has 0 atom stereocenters. The second kappa shape index (κ2) is 5.03. The maximum absolute atomic E-state index is 5.80. The first-order valence-electron chi connectivity index (χ1n) is 6.10. The van der Waals surface area contributed by atoms with Crippen LogP contribution in [0.1, 0.15) is 32.7 Å². The number of hydrogen-bond acceptors (Lipinski definition) is 5. The monoisotopic (exact) mass is 246 g/mol. The van der Waals surface area contributed by atoms with Crippen LogP contribution in [0.5, 0.6) is 0 Å². The van der Waals surface area contributed by atoms with Crippen molar-refractivity contribution in [3.8, 4) is 11.4 Å². The number of benzene rings is 1. The third kappa shape index (κ3) is 2.27. The van der Waals surface area contributed by atoms with Crippen LogP contribution in [0.3, 0.4) is 0 Å². The molecule has 0 saturated carbocycles. The van der Waals surface area contributed by atoms with E-state index < -0.39 is 0 Å². The number of tetrazole rings is 1. The predicted octanol–water partition coefficient (Wildman–Crippen LogP) is 1.87. The fraction of sp³-hybridized carbons (Fsp3) is 0.417. The van der Waals surface area contributed by atoms with Crippen LogP contribution in [-0.2, 0) is 0 Å². The van der Waals surface area contributed by atoms with Gasteiger partial charge in [-0.05, 0) is 41.5 Å². The van der Waals surface area contributed by atoms with E-state index in [1.54, 1.807) is 6.07 Å². The molecule has 18 heavy (non-hydrogen) atoms. The summed E-state index contributed by atoms with van der Waals surface area (Å²) in [5.74, 6) is 0.711. The highest BCUT2D eigenvalue weighted by Crippen LogP contribution is 2.26. The Morgan fingerprint density at radius 2 is 1.72 bits per heavy atom. The van der Waals surface area contributed by atoms with Crippen LogP contribution in [0.2, 0.25) is 0 Å². The number of nitrogens with two attached hydrogens (primary N) is 2. The molecule has 6 nitrogen and oxygen atoms in total. The first kappa shape index (κ1) is 12.3. The lowest BCUT2D eigenvalue weighted by Crippen LogP contribution is -2.10. The van der Waals surface area contributed by atoms with Gasteiger partial charge in [0, 0.05) is 16.9 Å². The zero-order chi connectivity index (χ0) is 13.1. The molecule has 6 heteroatoms. The molecule has 0 radical (unpaired) electrons. The largest absolute Gasteiger partial charge is 0.399 e. The van der Waals surface area contributed by atoms with Gasteiger partial charge in [-0.15, -0.1) is 5.10 Å². The van der Waals surface area contributed by atoms with Crippen molar-refractivity contribution < 1.29 is 0 Å². The zero-order valence-corrected chi connectivity index (χ0v) is 10.7. The van der Waals surface area contributed by atoms with Crippen LogP contribution in [0, 0.1) is 0 Å². The van der Waals surface area contributed by atoms with E-state index >= 15 is 0 Å². The number of rotatable bonds is 4. The van der Waals surface area contributed by atoms with Crippen LogP contribution in [-0.4, -0.2) is 20.2 Å². The summed E-state index contributed by atoms with van der Waals surface area (Å²) in [6.07, 6.45) is 1.96. The van der Waals surface area contributed by atoms with E-state index in [1.165, 1.54) is 0 Å². The minimum atomic E-state index is 0.289. The van der Waals surface area contributed by atoms with Gasteiger partial charge in [-0.25, -0.2) is 4.68 Å². The van der Waals surface area contributed by atoms with Crippen LogP contribution in [0.25, 0.3) is 11.4 Å². The summed E-state index contributed by atoms with van der Waals surface area (Å²) in [6, 6.07) is 5.68. The average molecular weight is 246 g/mol. The molecule has 0 spiro atoms. The van der Waals surface area contributed by atoms with E-state index in [9.17, 15) is 0 Å². The van der Waals surface area contributed by atoms with E-state index in [0.29, 0.717) is 17.2 Å². The molecule has 0 bridgehead atoms. The lowest BCUT2D eigenvalue weighted by molar-refractivity contribution is 0.422. The van der Waals surface area contributed by atoms with Gasteiger partial charge < -0.3 is 11.5 Å². The van der Waals surface area contributed by atoms with Crippen molar-refractivity contribution >= 4 is 11.4 Å². The van der Waals surface area contributed by atoms with Gasteiger partial charge in [0.1, 0.15) is 0 Å². The van der Waals surface area contributed by atoms with E-state index in [0.717, 1.165) is 18.4 Å². The third-order valence-electron chi connectivity index (χ3n) is 3.02. The summed E-state index contributed by atoms with van der Waals surface area (Å²) in [6.45, 7) is 4.24. The quantitative estimate of drug-likeness (QED) is 0.803. The van der Waals surface area contributed by atoms with Crippen LogP contribution in [0.4, 0.5) is 11.4 Å². The van der Waals surface area contributed by atoms with Gasteiger partial charge in [0.25, 0.3) is 0 Å². The number of nitrogens with zero attached hydrogens (tertiary/aromatic N) is 4. The summed E-state index contributed by atoms with van der Waals surface area (Å²) >= 11 is 0. The summed E-state index contributed by atoms with van der Waals surface area (Å²) in [5.41, 5.74) is 13.7. The lowest BCUT2D eigenvalue weighted by Gasteiger charge is -2.14. The normalized spacial score (nSPS) is 11.1. The smallest absolute Gasteiger partial charge is 0.182 e. The molecule has 4 N–H and O–H groups in total. The Balaban J connectivity index is 2.48. The first-order valence-corrected chi connectivity index (χ1v) is 6.10. The highest BCUT2D eigenvalue weighted by molar-refractivity contribution is 5.67. The topological polar surface area (TPSA) is 95.6 Å². The van der Waals surface area contributed by atoms with Gasteiger partial charge in [0.15, 0.2) is 5.82 Å². The Morgan fingerprint density at radius 3 is 2.28 bits per heavy atom. The molecule has 0 unspecified atom stereocenters. The Kier molecular flexibility index (Phi) is 3.45. The van der Waals surface area contributed by atoms with Gasteiger partial charge in [0.05, 0.1) is 6.04 Å². The molecule has 2 rings (SSSR count). The van der Waals surface area contributed by atoms with E-state index in [-0.39, 0.29) is 6.04 Å². The molecule has 0 saturated heterocycles. The van der Waals surface area contributed by atoms with Gasteiger partial charge in [-0.1, -0.05) is 13.8 Å². The van der Waals surface area contributed by atoms with Gasteiger partial charge in [-0.2, -0.15) is 0 Å². The molecule has 1 aromatic heterocycles. The van der Waals surface area contributed by atoms with Crippen molar-refractivity contribution in [1.82, 2.24) is 20.2 Å². The second-order valence-corrected chi connectivity index (χ2v) is 4.31. The Hall–Kier alpha value is -2.11. The molecule has 1 heterocycles. The number of nitrogen functional groups attached to an aromatic ring is 2. The fourth-order valence-corrected chi connectivity index (χ4v) is 2.07. The molecular formula is C12H18N6. The molecule has 0 fully saturated rings. The standard InChI is InChI=1S/C12H18N6/c1-3-11(4-2)18-12(15-16-17-18)8-5-9(13)7-10(14)6-8/h5-7,11H,3-4,13-14H2,1-2H3. The predicted molar refractivity (Wildman–Crippen MR) is 71.7 cm³/mol. The number of aromatic nitrogens is 4. The summed E-state index contributed by atoms with van der Waals surface area (Å²) in [5, 5.41) is 11.9. The SMILES string of the molecule is CCC(CC)n1nnnc1-c1cc(N)cc(N)c1. The van der Waals surface area contributed by atoms with E-state index in [1.807, 2.05) is 16.8 Å². The number of anilines is 2. The lowest BCUT2D eigenvalue weighted by atomic mass is 10.1. The van der Waals surface area contributed by atoms with Crippen molar-refractivity contribution in [1.29, 1.82) is 0 Å². The van der Waals surface area contributed by atoms with Crippen LogP contribution >= 0.6 is 0 Å². The van der Waals surface area contributed by atoms with Gasteiger partial charge in [0.2, 0.25) is 0 Å². The van der Waals surface area contributed by atoms with Gasteiger partial charge in [-0.3, -0.25) is 0 Å². The van der Waals surface area contributed by atoms with Crippen LogP contribution < -0.4 is 11.5 Å². The summed E-state index contributed by atoms with van der Waals surface area (Å²) in [4.78, 5) is 0. The molecule has 96 valence electrons. The fourth-order valence-electron chi connectivity index (χ4n) is 2.07. The molecule has 1 aromatic carbocycles. The zero-order valence-electron chi connectivity index (χ0n) is 10.7. The molecule has 0 aliphatic rings. The van der Waals surface area contributed by atoms with Crippen molar-refractivity contribution in [3.05, 3.63) is 18.2 Å². The van der Waals surface area contributed by atoms with E-state index in [4.69, 9.17) is 11.5 Å². The Labute approximate surface area is 106 Å². The summed E-state index contributed by atoms with van der Waals surface area (Å²) < 4.78 is 1.84. The molecule has 0 aliphatic heterocycles. The highest BCUT2D eigenvalue weighted by atomic mass is 15.5. The maximum atomic E-state index is 5.80. The minimum absolute atomic E-state index is 0.289. The van der Waals surface area contributed by atoms with Gasteiger partial charge >= 0.3 is 0 Å². The average Bonchev–Trinajstić information content (AvgIpc) is 2.78. The van der Waals surface area contributed by atoms with Crippen molar-refractivity contribution in [2.75, 3.05) is 11.5 Å². The Bertz CT molecular complexity index is 509. The molecule has 0 aliphatic carbocycles. The number of hydrogen-bond donors (Lipinski definition) is 2.